The van der Waals surface area contributed by atoms with Crippen LogP contribution in [0.2, 0.25) is 5.02 Å². The summed E-state index contributed by atoms with van der Waals surface area (Å²) in [5, 5.41) is 6.30. The number of benzene rings is 1. The second-order valence-electron chi connectivity index (χ2n) is 9.95. The number of piperidine rings is 2. The highest BCUT2D eigenvalue weighted by Crippen LogP contribution is 2.24. The van der Waals surface area contributed by atoms with Gasteiger partial charge in [0.05, 0.1) is 6.54 Å². The number of aromatic nitrogens is 1. The van der Waals surface area contributed by atoms with E-state index in [1.54, 1.807) is 5.38 Å². The van der Waals surface area contributed by atoms with Crippen LogP contribution in [0.25, 0.3) is 0 Å². The Morgan fingerprint density at radius 2 is 1.72 bits per heavy atom. The topological polar surface area (TPSA) is 72.0 Å². The van der Waals surface area contributed by atoms with E-state index in [1.807, 2.05) is 34.1 Å². The van der Waals surface area contributed by atoms with Crippen LogP contribution < -0.4 is 5.32 Å². The van der Waals surface area contributed by atoms with Crippen LogP contribution >= 0.6 is 22.9 Å². The average Bonchev–Trinajstić information content (AvgIpc) is 3.38. The van der Waals surface area contributed by atoms with Gasteiger partial charge in [-0.25, -0.2) is 4.98 Å². The van der Waals surface area contributed by atoms with Crippen molar-refractivity contribution in [3.05, 3.63) is 40.4 Å². The summed E-state index contributed by atoms with van der Waals surface area (Å²) in [5.41, 5.74) is 1.29. The molecule has 10 heteroatoms. The molecule has 3 aliphatic heterocycles. The minimum Gasteiger partial charge on any atom is -0.341 e. The maximum absolute atomic E-state index is 13.0. The number of carbonyl (C=O) groups excluding carboxylic acids is 2. The zero-order valence-corrected chi connectivity index (χ0v) is 22.3. The van der Waals surface area contributed by atoms with Gasteiger partial charge in [0.2, 0.25) is 5.91 Å². The highest BCUT2D eigenvalue weighted by atomic mass is 35.5. The van der Waals surface area contributed by atoms with Crippen molar-refractivity contribution in [2.75, 3.05) is 64.2 Å². The lowest BCUT2D eigenvalue weighted by molar-refractivity contribution is -0.134. The van der Waals surface area contributed by atoms with Crippen molar-refractivity contribution >= 4 is 45.6 Å². The van der Waals surface area contributed by atoms with Crippen molar-refractivity contribution in [2.45, 2.75) is 38.1 Å². The van der Waals surface area contributed by atoms with Crippen LogP contribution in [-0.4, -0.2) is 101 Å². The summed E-state index contributed by atoms with van der Waals surface area (Å²) in [6.07, 6.45) is 6.18. The van der Waals surface area contributed by atoms with Crippen LogP contribution in [0.15, 0.2) is 29.6 Å². The van der Waals surface area contributed by atoms with E-state index in [-0.39, 0.29) is 11.8 Å². The maximum Gasteiger partial charge on any atom is 0.273 e. The molecule has 3 fully saturated rings. The fourth-order valence-electron chi connectivity index (χ4n) is 5.45. The predicted molar refractivity (Wildman–Crippen MR) is 144 cm³/mol. The molecule has 0 unspecified atom stereocenters. The van der Waals surface area contributed by atoms with E-state index in [9.17, 15) is 9.59 Å². The summed E-state index contributed by atoms with van der Waals surface area (Å²) < 4.78 is 0. The average molecular weight is 531 g/mol. The monoisotopic (exact) mass is 530 g/mol. The number of amides is 2. The van der Waals surface area contributed by atoms with Crippen molar-refractivity contribution in [1.82, 2.24) is 24.6 Å². The number of rotatable bonds is 6. The molecule has 0 radical (unpaired) electrons. The Bertz CT molecular complexity index is 1040. The van der Waals surface area contributed by atoms with Gasteiger partial charge in [0.15, 0.2) is 5.13 Å². The van der Waals surface area contributed by atoms with Crippen molar-refractivity contribution < 1.29 is 9.59 Å². The first-order valence-electron chi connectivity index (χ1n) is 13.1. The van der Waals surface area contributed by atoms with Crippen LogP contribution in [0, 0.1) is 0 Å². The number of likely N-dealkylation sites (tertiary alicyclic amines) is 2. The second kappa shape index (κ2) is 11.9. The lowest BCUT2D eigenvalue weighted by atomic mass is 10.00. The molecule has 1 aromatic heterocycles. The molecule has 1 aromatic carbocycles. The first kappa shape index (κ1) is 25.4. The molecular weight excluding hydrogens is 496 g/mol. The van der Waals surface area contributed by atoms with Gasteiger partial charge in [0, 0.05) is 61.4 Å². The number of nitrogens with zero attached hydrogens (tertiary/aromatic N) is 5. The van der Waals surface area contributed by atoms with Crippen LogP contribution in [0.5, 0.6) is 0 Å². The van der Waals surface area contributed by atoms with Gasteiger partial charge in [-0.1, -0.05) is 24.1 Å². The molecule has 8 nitrogen and oxygen atoms in total. The molecule has 36 heavy (non-hydrogen) atoms. The third kappa shape index (κ3) is 6.37. The van der Waals surface area contributed by atoms with E-state index in [0.717, 1.165) is 31.6 Å². The summed E-state index contributed by atoms with van der Waals surface area (Å²) in [5.74, 6) is 0.166. The Morgan fingerprint density at radius 3 is 2.44 bits per heavy atom. The zero-order valence-electron chi connectivity index (χ0n) is 20.7. The summed E-state index contributed by atoms with van der Waals surface area (Å²) in [6.45, 7) is 7.27. The standard InChI is InChI=1S/C26H35ClN6O2S/c27-20-5-4-6-21(17-20)28-26-29-23(19-36-26)25(35)33-15-13-30(14-16-33)18-24(34)32-11-7-22(8-12-32)31-9-2-1-3-10-31/h4-6,17,19,22H,1-3,7-16,18H2,(H,28,29). The number of piperazine rings is 1. The first-order chi connectivity index (χ1) is 17.5. The largest absolute Gasteiger partial charge is 0.341 e. The van der Waals surface area contributed by atoms with Crippen LogP contribution in [0.3, 0.4) is 0 Å². The molecule has 4 heterocycles. The van der Waals surface area contributed by atoms with Crippen molar-refractivity contribution in [3.8, 4) is 0 Å². The highest BCUT2D eigenvalue weighted by Gasteiger charge is 2.30. The number of hydrogen-bond donors (Lipinski definition) is 1. The third-order valence-corrected chi connectivity index (χ3v) is 8.53. The quantitative estimate of drug-likeness (QED) is 0.613. The first-order valence-corrected chi connectivity index (χ1v) is 14.3. The van der Waals surface area contributed by atoms with Crippen molar-refractivity contribution in [3.63, 3.8) is 0 Å². The number of halogens is 1. The molecule has 3 saturated heterocycles. The Balaban J connectivity index is 1.05. The Kier molecular flexibility index (Phi) is 8.41. The molecule has 3 aliphatic rings. The van der Waals surface area contributed by atoms with Gasteiger partial charge in [-0.2, -0.15) is 0 Å². The van der Waals surface area contributed by atoms with Gasteiger partial charge in [0.25, 0.3) is 5.91 Å². The smallest absolute Gasteiger partial charge is 0.273 e. The van der Waals surface area contributed by atoms with Gasteiger partial charge in [-0.05, 0) is 57.0 Å². The van der Waals surface area contributed by atoms with Gasteiger partial charge in [0.1, 0.15) is 5.69 Å². The molecule has 2 amide bonds. The van der Waals surface area contributed by atoms with E-state index in [2.05, 4.69) is 20.1 Å². The summed E-state index contributed by atoms with van der Waals surface area (Å²) >= 11 is 7.44. The number of thiazole rings is 1. The molecule has 0 spiro atoms. The Hall–Kier alpha value is -2.20. The maximum atomic E-state index is 13.0. The molecule has 0 bridgehead atoms. The van der Waals surface area contributed by atoms with Gasteiger partial charge >= 0.3 is 0 Å². The van der Waals surface area contributed by atoms with E-state index in [0.29, 0.717) is 54.6 Å². The molecule has 5 rings (SSSR count). The Labute approximate surface area is 222 Å². The SMILES string of the molecule is O=C(CN1CCN(C(=O)c2csc(Nc3cccc(Cl)c3)n2)CC1)N1CCC(N2CCCCC2)CC1. The minimum atomic E-state index is -0.0591. The summed E-state index contributed by atoms with van der Waals surface area (Å²) in [6, 6.07) is 8.06. The summed E-state index contributed by atoms with van der Waals surface area (Å²) in [7, 11) is 0. The molecular formula is C26H35ClN6O2S. The molecule has 2 aromatic rings. The van der Waals surface area contributed by atoms with Crippen LogP contribution in [-0.2, 0) is 4.79 Å². The fraction of sp³-hybridized carbons (Fsp3) is 0.577. The second-order valence-corrected chi connectivity index (χ2v) is 11.2. The molecule has 194 valence electrons. The normalized spacial score (nSPS) is 20.5. The van der Waals surface area contributed by atoms with Gasteiger partial charge in [-0.15, -0.1) is 11.3 Å². The lowest BCUT2D eigenvalue weighted by Gasteiger charge is -2.41. The van der Waals surface area contributed by atoms with E-state index < -0.39 is 0 Å². The number of anilines is 2. The van der Waals surface area contributed by atoms with E-state index in [4.69, 9.17) is 11.6 Å². The van der Waals surface area contributed by atoms with Crippen LogP contribution in [0.4, 0.5) is 10.8 Å². The predicted octanol–water partition coefficient (Wildman–Crippen LogP) is 3.77. The third-order valence-electron chi connectivity index (χ3n) is 7.54. The lowest BCUT2D eigenvalue weighted by Crippen LogP contribution is -2.53. The molecule has 0 saturated carbocycles. The number of nitrogens with one attached hydrogen (secondary N) is 1. The van der Waals surface area contributed by atoms with E-state index >= 15 is 0 Å². The Morgan fingerprint density at radius 1 is 0.972 bits per heavy atom. The van der Waals surface area contributed by atoms with Crippen molar-refractivity contribution in [1.29, 1.82) is 0 Å². The summed E-state index contributed by atoms with van der Waals surface area (Å²) in [4.78, 5) is 39.1. The number of hydrogen-bond acceptors (Lipinski definition) is 7. The number of carbonyl (C=O) groups is 2. The molecule has 1 N–H and O–H groups in total. The minimum absolute atomic E-state index is 0.0591. The van der Waals surface area contributed by atoms with Crippen molar-refractivity contribution in [2.24, 2.45) is 0 Å². The highest BCUT2D eigenvalue weighted by molar-refractivity contribution is 7.14. The zero-order chi connectivity index (χ0) is 24.9. The molecule has 0 aliphatic carbocycles. The molecule has 0 atom stereocenters. The van der Waals surface area contributed by atoms with Gasteiger partial charge < -0.3 is 20.0 Å². The van der Waals surface area contributed by atoms with E-state index in [1.165, 1.54) is 43.7 Å². The van der Waals surface area contributed by atoms with Crippen LogP contribution in [0.1, 0.15) is 42.6 Å². The van der Waals surface area contributed by atoms with Gasteiger partial charge in [-0.3, -0.25) is 14.5 Å². The fourth-order valence-corrected chi connectivity index (χ4v) is 6.34.